The van der Waals surface area contributed by atoms with Crippen molar-refractivity contribution in [2.75, 3.05) is 12.3 Å². The first-order valence-corrected chi connectivity index (χ1v) is 11.8. The highest BCUT2D eigenvalue weighted by Crippen LogP contribution is 2.33. The number of urea groups is 1. The summed E-state index contributed by atoms with van der Waals surface area (Å²) in [6, 6.07) is 0.483. The number of thioether (sulfide) groups is 1. The molecule has 0 bridgehead atoms. The molecule has 2 aliphatic rings. The molecule has 0 aromatic heterocycles. The van der Waals surface area contributed by atoms with E-state index in [4.69, 9.17) is 5.11 Å². The smallest absolute Gasteiger partial charge is 0.315 e. The van der Waals surface area contributed by atoms with Crippen molar-refractivity contribution in [1.82, 2.24) is 16.0 Å². The van der Waals surface area contributed by atoms with E-state index in [-0.39, 0.29) is 30.4 Å². The summed E-state index contributed by atoms with van der Waals surface area (Å²) in [5, 5.41) is 18.0. The van der Waals surface area contributed by atoms with Gasteiger partial charge in [0, 0.05) is 30.4 Å². The molecule has 4 N–H and O–H groups in total. The van der Waals surface area contributed by atoms with Gasteiger partial charge in [-0.2, -0.15) is 11.8 Å². The van der Waals surface area contributed by atoms with E-state index in [0.29, 0.717) is 11.7 Å². The van der Waals surface area contributed by atoms with Gasteiger partial charge in [0.1, 0.15) is 0 Å². The summed E-state index contributed by atoms with van der Waals surface area (Å²) >= 11 is 1.92. The molecule has 0 aromatic rings. The Morgan fingerprint density at radius 1 is 0.964 bits per heavy atom. The van der Waals surface area contributed by atoms with Crippen LogP contribution in [0.5, 0.6) is 0 Å². The van der Waals surface area contributed by atoms with Crippen molar-refractivity contribution in [3.8, 4) is 0 Å². The molecule has 2 heterocycles. The molecule has 2 saturated heterocycles. The second-order valence-corrected chi connectivity index (χ2v) is 9.11. The van der Waals surface area contributed by atoms with Gasteiger partial charge < -0.3 is 21.1 Å². The minimum Gasteiger partial charge on any atom is -0.481 e. The molecule has 160 valence electrons. The number of carboxylic acids is 1. The number of unbranched alkanes of at least 4 members (excludes halogenated alkanes) is 7. The molecule has 0 radical (unpaired) electrons. The van der Waals surface area contributed by atoms with Gasteiger partial charge in [-0.1, -0.05) is 38.5 Å². The Balaban J connectivity index is 1.36. The van der Waals surface area contributed by atoms with Gasteiger partial charge in [0.05, 0.1) is 12.1 Å². The first kappa shape index (κ1) is 22.8. The van der Waals surface area contributed by atoms with Gasteiger partial charge in [-0.15, -0.1) is 0 Å². The predicted octanol–water partition coefficient (Wildman–Crippen LogP) is 3.03. The SMILES string of the molecule is O=C(O)CCCCCCCCCNC(=O)CCCC[C@@H]1SC[C@@H]2NC(=O)N[C@@H]21. The Morgan fingerprint density at radius 2 is 1.64 bits per heavy atom. The van der Waals surface area contributed by atoms with E-state index in [0.717, 1.165) is 76.5 Å². The molecular weight excluding hydrogens is 378 g/mol. The Bertz CT molecular complexity index is 518. The molecule has 0 aliphatic carbocycles. The monoisotopic (exact) mass is 413 g/mol. The Morgan fingerprint density at radius 3 is 2.39 bits per heavy atom. The molecule has 0 aromatic carbocycles. The summed E-state index contributed by atoms with van der Waals surface area (Å²) in [5.74, 6) is 0.416. The lowest BCUT2D eigenvalue weighted by molar-refractivity contribution is -0.137. The van der Waals surface area contributed by atoms with Gasteiger partial charge >= 0.3 is 12.0 Å². The van der Waals surface area contributed by atoms with Gasteiger partial charge in [-0.3, -0.25) is 9.59 Å². The highest BCUT2D eigenvalue weighted by Gasteiger charge is 2.42. The third-order valence-corrected chi connectivity index (χ3v) is 6.98. The molecular formula is C20H35N3O4S. The van der Waals surface area contributed by atoms with Crippen molar-refractivity contribution in [1.29, 1.82) is 0 Å². The van der Waals surface area contributed by atoms with Crippen LogP contribution in [0.3, 0.4) is 0 Å². The number of hydrogen-bond donors (Lipinski definition) is 4. The maximum absolute atomic E-state index is 11.9. The zero-order chi connectivity index (χ0) is 20.2. The van der Waals surface area contributed by atoms with E-state index >= 15 is 0 Å². The minimum atomic E-state index is -0.707. The molecule has 2 aliphatic heterocycles. The number of carbonyl (C=O) groups excluding carboxylic acids is 2. The van der Waals surface area contributed by atoms with Crippen LogP contribution in [-0.2, 0) is 9.59 Å². The van der Waals surface area contributed by atoms with E-state index in [2.05, 4.69) is 16.0 Å². The number of carbonyl (C=O) groups is 3. The Kier molecular flexibility index (Phi) is 10.5. The molecule has 3 atom stereocenters. The van der Waals surface area contributed by atoms with Crippen LogP contribution < -0.4 is 16.0 Å². The maximum atomic E-state index is 11.9. The fourth-order valence-electron chi connectivity index (χ4n) is 3.88. The number of amides is 3. The van der Waals surface area contributed by atoms with Crippen LogP contribution in [0.15, 0.2) is 0 Å². The summed E-state index contributed by atoms with van der Waals surface area (Å²) in [7, 11) is 0. The summed E-state index contributed by atoms with van der Waals surface area (Å²) in [6.45, 7) is 0.748. The topological polar surface area (TPSA) is 108 Å². The lowest BCUT2D eigenvalue weighted by Gasteiger charge is -2.16. The van der Waals surface area contributed by atoms with Crippen LogP contribution in [0, 0.1) is 0 Å². The third-order valence-electron chi connectivity index (χ3n) is 5.47. The van der Waals surface area contributed by atoms with Gasteiger partial charge in [0.2, 0.25) is 5.91 Å². The number of hydrogen-bond acceptors (Lipinski definition) is 4. The van der Waals surface area contributed by atoms with E-state index in [1.807, 2.05) is 11.8 Å². The first-order valence-electron chi connectivity index (χ1n) is 10.7. The molecule has 0 saturated carbocycles. The second-order valence-electron chi connectivity index (χ2n) is 7.84. The standard InChI is InChI=1S/C20H35N3O4S/c24-17(21-13-9-5-3-1-2-4-6-12-18(25)26)11-8-7-10-16-19-15(14-28-16)22-20(27)23-19/h15-16,19H,1-14H2,(H,21,24)(H,25,26)(H2,22,23,27)/t15-,16-,19-/m0/s1. The molecule has 28 heavy (non-hydrogen) atoms. The quantitative estimate of drug-likeness (QED) is 0.244. The van der Waals surface area contributed by atoms with Gasteiger partial charge in [-0.05, 0) is 25.7 Å². The van der Waals surface area contributed by atoms with Crippen LogP contribution in [0.1, 0.15) is 77.0 Å². The maximum Gasteiger partial charge on any atom is 0.315 e. The van der Waals surface area contributed by atoms with Crippen LogP contribution >= 0.6 is 11.8 Å². The molecule has 0 unspecified atom stereocenters. The summed E-state index contributed by atoms with van der Waals surface area (Å²) in [6.07, 6.45) is 11.1. The highest BCUT2D eigenvalue weighted by molar-refractivity contribution is 8.00. The first-order chi connectivity index (χ1) is 13.6. The van der Waals surface area contributed by atoms with E-state index in [1.54, 1.807) is 0 Å². The van der Waals surface area contributed by atoms with Crippen molar-refractivity contribution >= 4 is 29.7 Å². The molecule has 8 heteroatoms. The molecule has 3 amide bonds. The number of fused-ring (bicyclic) bond motifs is 1. The fourth-order valence-corrected chi connectivity index (χ4v) is 5.42. The van der Waals surface area contributed by atoms with E-state index in [1.165, 1.54) is 0 Å². The molecule has 7 nitrogen and oxygen atoms in total. The fraction of sp³-hybridized carbons (Fsp3) is 0.850. The normalized spacial score (nSPS) is 23.1. The lowest BCUT2D eigenvalue weighted by atomic mass is 10.0. The highest BCUT2D eigenvalue weighted by atomic mass is 32.2. The van der Waals surface area contributed by atoms with Crippen molar-refractivity contribution in [3.05, 3.63) is 0 Å². The van der Waals surface area contributed by atoms with Gasteiger partial charge in [-0.25, -0.2) is 4.79 Å². The molecule has 2 fully saturated rings. The van der Waals surface area contributed by atoms with Gasteiger partial charge in [0.15, 0.2) is 0 Å². The third kappa shape index (κ3) is 8.71. The number of carboxylic acid groups (broad SMARTS) is 1. The minimum absolute atomic E-state index is 0.0436. The second kappa shape index (κ2) is 12.9. The number of nitrogens with one attached hydrogen (secondary N) is 3. The van der Waals surface area contributed by atoms with Gasteiger partial charge in [0.25, 0.3) is 0 Å². The number of rotatable bonds is 15. The predicted molar refractivity (Wildman–Crippen MR) is 112 cm³/mol. The van der Waals surface area contributed by atoms with Crippen molar-refractivity contribution in [2.45, 2.75) is 94.4 Å². The number of aliphatic carboxylic acids is 1. The Labute approximate surface area is 172 Å². The summed E-state index contributed by atoms with van der Waals surface area (Å²) in [5.41, 5.74) is 0. The lowest BCUT2D eigenvalue weighted by Crippen LogP contribution is -2.36. The van der Waals surface area contributed by atoms with Crippen molar-refractivity contribution in [2.24, 2.45) is 0 Å². The average molecular weight is 414 g/mol. The van der Waals surface area contributed by atoms with Crippen LogP contribution in [0.4, 0.5) is 4.79 Å². The largest absolute Gasteiger partial charge is 0.481 e. The van der Waals surface area contributed by atoms with Crippen LogP contribution in [0.2, 0.25) is 0 Å². The van der Waals surface area contributed by atoms with E-state index in [9.17, 15) is 14.4 Å². The van der Waals surface area contributed by atoms with E-state index < -0.39 is 5.97 Å². The summed E-state index contributed by atoms with van der Waals surface area (Å²) < 4.78 is 0. The zero-order valence-corrected chi connectivity index (χ0v) is 17.5. The summed E-state index contributed by atoms with van der Waals surface area (Å²) in [4.78, 5) is 33.7. The van der Waals surface area contributed by atoms with Crippen molar-refractivity contribution < 1.29 is 19.5 Å². The average Bonchev–Trinajstić information content (AvgIpc) is 3.19. The molecule has 2 rings (SSSR count). The van der Waals surface area contributed by atoms with Crippen LogP contribution in [0.25, 0.3) is 0 Å². The van der Waals surface area contributed by atoms with Crippen LogP contribution in [-0.4, -0.2) is 52.6 Å². The zero-order valence-electron chi connectivity index (χ0n) is 16.7. The molecule has 0 spiro atoms. The Hall–Kier alpha value is -1.44. The van der Waals surface area contributed by atoms with Crippen molar-refractivity contribution in [3.63, 3.8) is 0 Å².